The molecule has 1 aliphatic carbocycles. The zero-order valence-corrected chi connectivity index (χ0v) is 29.9. The number of esters is 3. The summed E-state index contributed by atoms with van der Waals surface area (Å²) in [4.78, 5) is 45.6. The van der Waals surface area contributed by atoms with Gasteiger partial charge in [0.15, 0.2) is 12.4 Å². The standard InChI is InChI=1S/C26H44NO13PS2.C2H6/c1-15(28)36-14-21-26(38-17(3)30)20(37-16(2)29)12-23(39-21)35-10-8-7-9-22(42)27-19-11-18(13-32-4)24(25(19)33-5)40-41(31,43)34-6;1-2/h18-21,23-26H,7-14H2,1-6H3,(H,27,42)(H,31,43);1-2H3/t18?,19-,20?,21?,23?,24?,25?,26?,41?;/m0./s1. The minimum absolute atomic E-state index is 0.0929. The maximum absolute atomic E-state index is 11.7. The number of methoxy groups -OCH3 is 2. The van der Waals surface area contributed by atoms with E-state index >= 15 is 0 Å². The normalized spacial score (nSPS) is 29.0. The second-order valence-electron chi connectivity index (χ2n) is 10.2. The van der Waals surface area contributed by atoms with Crippen LogP contribution in [-0.2, 0) is 68.4 Å². The van der Waals surface area contributed by atoms with E-state index in [2.05, 4.69) is 5.32 Å². The molecule has 2 fully saturated rings. The molecule has 2 rings (SSSR count). The Morgan fingerprint density at radius 2 is 1.60 bits per heavy atom. The van der Waals surface area contributed by atoms with Crippen LogP contribution in [0.5, 0.6) is 0 Å². The van der Waals surface area contributed by atoms with E-state index < -0.39 is 61.4 Å². The summed E-state index contributed by atoms with van der Waals surface area (Å²) in [5, 5.41) is 3.35. The summed E-state index contributed by atoms with van der Waals surface area (Å²) in [6.45, 7) is 4.80. The van der Waals surface area contributed by atoms with Crippen molar-refractivity contribution in [2.75, 3.05) is 41.2 Å². The molecule has 262 valence electrons. The molecule has 0 bridgehead atoms. The van der Waals surface area contributed by atoms with E-state index in [9.17, 15) is 19.3 Å². The van der Waals surface area contributed by atoms with Gasteiger partial charge in [0, 0.05) is 61.0 Å². The Labute approximate surface area is 276 Å². The first-order chi connectivity index (χ1) is 21.3. The fourth-order valence-electron chi connectivity index (χ4n) is 5.14. The third-order valence-electron chi connectivity index (χ3n) is 6.88. The number of ether oxygens (including phenoxy) is 7. The lowest BCUT2D eigenvalue weighted by atomic mass is 10.0. The van der Waals surface area contributed by atoms with Crippen LogP contribution in [0.15, 0.2) is 0 Å². The first kappa shape index (κ1) is 41.7. The Hall–Kier alpha value is -1.33. The highest BCUT2D eigenvalue weighted by molar-refractivity contribution is 8.07. The molecule has 1 aliphatic heterocycles. The van der Waals surface area contributed by atoms with Crippen molar-refractivity contribution in [1.29, 1.82) is 0 Å². The van der Waals surface area contributed by atoms with Crippen molar-refractivity contribution >= 4 is 53.6 Å². The van der Waals surface area contributed by atoms with Crippen LogP contribution in [-0.4, -0.2) is 112 Å². The van der Waals surface area contributed by atoms with Gasteiger partial charge in [-0.05, 0) is 37.5 Å². The number of nitrogens with one attached hydrogen (secondary N) is 1. The third kappa shape index (κ3) is 15.0. The average Bonchev–Trinajstić information content (AvgIpc) is 3.28. The van der Waals surface area contributed by atoms with Gasteiger partial charge in [-0.25, -0.2) is 0 Å². The van der Waals surface area contributed by atoms with Gasteiger partial charge in [-0.2, -0.15) is 0 Å². The maximum Gasteiger partial charge on any atom is 0.324 e. The molecule has 8 unspecified atom stereocenters. The highest BCUT2D eigenvalue weighted by Gasteiger charge is 2.47. The molecule has 1 saturated carbocycles. The minimum atomic E-state index is -3.42. The smallest absolute Gasteiger partial charge is 0.324 e. The second-order valence-corrected chi connectivity index (χ2v) is 13.6. The summed E-state index contributed by atoms with van der Waals surface area (Å²) in [7, 11) is 4.45. The van der Waals surface area contributed by atoms with Crippen molar-refractivity contribution in [1.82, 2.24) is 5.32 Å². The molecule has 1 saturated heterocycles. The van der Waals surface area contributed by atoms with Crippen LogP contribution in [0.2, 0.25) is 0 Å². The van der Waals surface area contributed by atoms with E-state index in [-0.39, 0.29) is 25.0 Å². The lowest BCUT2D eigenvalue weighted by Crippen LogP contribution is -2.54. The summed E-state index contributed by atoms with van der Waals surface area (Å²) < 4.78 is 49.3. The van der Waals surface area contributed by atoms with Crippen molar-refractivity contribution < 1.29 is 61.5 Å². The van der Waals surface area contributed by atoms with Gasteiger partial charge in [-0.3, -0.25) is 14.4 Å². The first-order valence-corrected chi connectivity index (χ1v) is 17.9. The van der Waals surface area contributed by atoms with E-state index in [0.717, 1.165) is 0 Å². The van der Waals surface area contributed by atoms with Crippen LogP contribution >= 0.6 is 18.9 Å². The molecule has 0 aromatic heterocycles. The Morgan fingerprint density at radius 3 is 2.16 bits per heavy atom. The summed E-state index contributed by atoms with van der Waals surface area (Å²) in [5.41, 5.74) is 0. The van der Waals surface area contributed by atoms with E-state index in [1.54, 1.807) is 14.2 Å². The molecule has 14 nitrogen and oxygen atoms in total. The first-order valence-electron chi connectivity index (χ1n) is 14.9. The Bertz CT molecular complexity index is 990. The molecule has 0 spiro atoms. The quantitative estimate of drug-likeness (QED) is 0.0746. The predicted molar refractivity (Wildman–Crippen MR) is 171 cm³/mol. The minimum Gasteiger partial charge on any atom is -0.463 e. The molecule has 0 amide bonds. The van der Waals surface area contributed by atoms with Crippen LogP contribution in [0.25, 0.3) is 0 Å². The van der Waals surface area contributed by atoms with Gasteiger partial charge in [-0.15, -0.1) is 0 Å². The zero-order chi connectivity index (χ0) is 34.2. The highest BCUT2D eigenvalue weighted by atomic mass is 32.5. The number of unbranched alkanes of at least 4 members (excludes halogenated alkanes) is 1. The SMILES string of the molecule is CC.COCC1C[C@H](NC(=S)CCCCOC2CC(OC(C)=O)C(OC(C)=O)C(COC(C)=O)O2)C(OC)C1OP(O)(=S)OC. The zero-order valence-electron chi connectivity index (χ0n) is 27.4. The van der Waals surface area contributed by atoms with Crippen molar-refractivity contribution in [3.63, 3.8) is 0 Å². The molecule has 2 N–H and O–H groups in total. The molecule has 2 aliphatic rings. The lowest BCUT2D eigenvalue weighted by molar-refractivity contribution is -0.266. The van der Waals surface area contributed by atoms with E-state index in [1.807, 2.05) is 13.8 Å². The van der Waals surface area contributed by atoms with E-state index in [0.29, 0.717) is 43.9 Å². The molecular weight excluding hydrogens is 653 g/mol. The summed E-state index contributed by atoms with van der Waals surface area (Å²) in [5.74, 6) is -1.77. The van der Waals surface area contributed by atoms with Gasteiger partial charge in [0.1, 0.15) is 31.0 Å². The van der Waals surface area contributed by atoms with Crippen LogP contribution < -0.4 is 5.32 Å². The fraction of sp³-hybridized carbons (Fsp3) is 0.857. The lowest BCUT2D eigenvalue weighted by Gasteiger charge is -2.39. The van der Waals surface area contributed by atoms with Crippen molar-refractivity contribution in [3.05, 3.63) is 0 Å². The number of carbonyl (C=O) groups excluding carboxylic acids is 3. The number of hydrogen-bond acceptors (Lipinski definition) is 14. The summed E-state index contributed by atoms with van der Waals surface area (Å²) in [6.07, 6.45) is -1.76. The van der Waals surface area contributed by atoms with E-state index in [4.69, 9.17) is 66.2 Å². The van der Waals surface area contributed by atoms with Gasteiger partial charge < -0.3 is 52.4 Å². The van der Waals surface area contributed by atoms with Crippen LogP contribution in [0.1, 0.15) is 66.7 Å². The molecule has 0 aromatic rings. The van der Waals surface area contributed by atoms with Gasteiger partial charge in [-0.1, -0.05) is 26.1 Å². The van der Waals surface area contributed by atoms with Gasteiger partial charge in [0.25, 0.3) is 0 Å². The Morgan fingerprint density at radius 1 is 0.933 bits per heavy atom. The monoisotopic (exact) mass is 703 g/mol. The van der Waals surface area contributed by atoms with Crippen LogP contribution in [0.4, 0.5) is 0 Å². The summed E-state index contributed by atoms with van der Waals surface area (Å²) in [6, 6.07) is -0.182. The van der Waals surface area contributed by atoms with Crippen molar-refractivity contribution in [3.8, 4) is 0 Å². The molecule has 1 heterocycles. The van der Waals surface area contributed by atoms with Gasteiger partial charge >= 0.3 is 24.6 Å². The van der Waals surface area contributed by atoms with E-state index in [1.165, 1.54) is 27.9 Å². The van der Waals surface area contributed by atoms with Crippen LogP contribution in [0, 0.1) is 5.92 Å². The Kier molecular flexibility index (Phi) is 19.9. The summed E-state index contributed by atoms with van der Waals surface area (Å²) >= 11 is 10.6. The molecular formula is C28H50NO13PS2. The molecule has 17 heteroatoms. The topological polar surface area (TPSA) is 167 Å². The number of thiocarbonyl (C=S) groups is 1. The predicted octanol–water partition coefficient (Wildman–Crippen LogP) is 2.96. The number of rotatable bonds is 17. The Balaban J connectivity index is 0.00000496. The van der Waals surface area contributed by atoms with Gasteiger partial charge in [0.05, 0.1) is 17.6 Å². The third-order valence-corrected chi connectivity index (χ3v) is 8.88. The van der Waals surface area contributed by atoms with Gasteiger partial charge in [0.2, 0.25) is 0 Å². The second kappa shape index (κ2) is 21.5. The highest BCUT2D eigenvalue weighted by Crippen LogP contribution is 2.48. The number of hydrogen-bond donors (Lipinski definition) is 2. The largest absolute Gasteiger partial charge is 0.463 e. The molecule has 0 aromatic carbocycles. The maximum atomic E-state index is 11.7. The fourth-order valence-corrected chi connectivity index (χ4v) is 6.42. The molecule has 9 atom stereocenters. The van der Waals surface area contributed by atoms with Crippen molar-refractivity contribution in [2.24, 2.45) is 5.92 Å². The molecule has 0 radical (unpaired) electrons. The average molecular weight is 704 g/mol. The van der Waals surface area contributed by atoms with Crippen LogP contribution in [0.3, 0.4) is 0 Å². The molecule has 45 heavy (non-hydrogen) atoms. The number of carbonyl (C=O) groups is 3. The van der Waals surface area contributed by atoms with Crippen molar-refractivity contribution in [2.45, 2.75) is 110 Å².